The molecule has 0 spiro atoms. The number of rotatable bonds is 6. The van der Waals surface area contributed by atoms with Crippen molar-refractivity contribution in [2.75, 3.05) is 20.3 Å². The minimum Gasteiger partial charge on any atom is -0.383 e. The van der Waals surface area contributed by atoms with E-state index in [0.29, 0.717) is 25.3 Å². The Kier molecular flexibility index (Phi) is 4.70. The van der Waals surface area contributed by atoms with E-state index in [1.807, 2.05) is 24.4 Å². The number of hydrogen-bond acceptors (Lipinski definition) is 4. The number of aromatic amines is 1. The second kappa shape index (κ2) is 6.49. The van der Waals surface area contributed by atoms with Crippen LogP contribution in [0.1, 0.15) is 20.9 Å². The molecule has 0 bridgehead atoms. The summed E-state index contributed by atoms with van der Waals surface area (Å²) in [4.78, 5) is 15.4. The maximum atomic E-state index is 12.5. The van der Waals surface area contributed by atoms with Crippen LogP contribution in [0.4, 0.5) is 0 Å². The van der Waals surface area contributed by atoms with E-state index < -0.39 is 0 Å². The topological polar surface area (TPSA) is 58.2 Å². The van der Waals surface area contributed by atoms with Gasteiger partial charge in [0.2, 0.25) is 0 Å². The Balaban J connectivity index is 2.12. The Hall–Kier alpha value is -1.66. The minimum atomic E-state index is -0.0169. The van der Waals surface area contributed by atoms with Gasteiger partial charge in [0, 0.05) is 24.2 Å². The average molecular weight is 279 g/mol. The van der Waals surface area contributed by atoms with E-state index in [9.17, 15) is 4.79 Å². The first-order valence-corrected chi connectivity index (χ1v) is 6.91. The zero-order chi connectivity index (χ0) is 13.7. The van der Waals surface area contributed by atoms with Gasteiger partial charge >= 0.3 is 0 Å². The summed E-state index contributed by atoms with van der Waals surface area (Å²) in [5.41, 5.74) is 1.41. The molecule has 0 aliphatic rings. The number of nitrogens with one attached hydrogen (secondary N) is 1. The number of aryl methyl sites for hydroxylation is 1. The van der Waals surface area contributed by atoms with Crippen molar-refractivity contribution >= 4 is 17.2 Å². The maximum absolute atomic E-state index is 12.5. The Morgan fingerprint density at radius 3 is 3.00 bits per heavy atom. The molecule has 0 aromatic carbocycles. The molecule has 102 valence electrons. The van der Waals surface area contributed by atoms with Crippen molar-refractivity contribution in [2.24, 2.45) is 0 Å². The van der Waals surface area contributed by atoms with E-state index in [1.54, 1.807) is 29.5 Å². The molecule has 19 heavy (non-hydrogen) atoms. The van der Waals surface area contributed by atoms with Crippen LogP contribution in [0, 0.1) is 6.92 Å². The molecule has 2 aromatic rings. The fourth-order valence-corrected chi connectivity index (χ4v) is 2.50. The molecule has 0 saturated carbocycles. The van der Waals surface area contributed by atoms with Gasteiger partial charge in [0.25, 0.3) is 5.91 Å². The van der Waals surface area contributed by atoms with Crippen molar-refractivity contribution < 1.29 is 9.53 Å². The summed E-state index contributed by atoms with van der Waals surface area (Å²) in [7, 11) is 1.64. The normalized spacial score (nSPS) is 10.6. The van der Waals surface area contributed by atoms with Crippen LogP contribution in [-0.2, 0) is 11.3 Å². The quantitative estimate of drug-likeness (QED) is 0.880. The first-order chi connectivity index (χ1) is 9.22. The molecule has 0 aliphatic carbocycles. The molecule has 2 heterocycles. The number of hydrogen-bond donors (Lipinski definition) is 1. The number of nitrogens with zero attached hydrogens (tertiary/aromatic N) is 2. The van der Waals surface area contributed by atoms with Crippen molar-refractivity contribution in [2.45, 2.75) is 13.5 Å². The monoisotopic (exact) mass is 279 g/mol. The van der Waals surface area contributed by atoms with Crippen LogP contribution in [0.15, 0.2) is 23.7 Å². The predicted octanol–water partition coefficient (Wildman–Crippen LogP) is 2.07. The summed E-state index contributed by atoms with van der Waals surface area (Å²) in [6, 6.07) is 4.02. The summed E-state index contributed by atoms with van der Waals surface area (Å²) >= 11 is 1.65. The minimum absolute atomic E-state index is 0.0169. The van der Waals surface area contributed by atoms with Crippen LogP contribution in [0.2, 0.25) is 0 Å². The van der Waals surface area contributed by atoms with E-state index >= 15 is 0 Å². The highest BCUT2D eigenvalue weighted by Crippen LogP contribution is 2.15. The fraction of sp³-hybridized carbons (Fsp3) is 0.385. The highest BCUT2D eigenvalue weighted by atomic mass is 32.1. The molecule has 0 fully saturated rings. The number of ether oxygens (including phenoxy) is 1. The number of amides is 1. The van der Waals surface area contributed by atoms with Crippen molar-refractivity contribution in [3.8, 4) is 0 Å². The van der Waals surface area contributed by atoms with E-state index in [0.717, 1.165) is 10.6 Å². The molecule has 5 nitrogen and oxygen atoms in total. The van der Waals surface area contributed by atoms with Gasteiger partial charge in [-0.1, -0.05) is 6.07 Å². The Morgan fingerprint density at radius 1 is 1.58 bits per heavy atom. The lowest BCUT2D eigenvalue weighted by molar-refractivity contribution is 0.0682. The van der Waals surface area contributed by atoms with Gasteiger partial charge < -0.3 is 9.64 Å². The molecule has 0 aliphatic heterocycles. The molecular formula is C13H17N3O2S. The Labute approximate surface area is 116 Å². The first-order valence-electron chi connectivity index (χ1n) is 6.03. The second-order valence-electron chi connectivity index (χ2n) is 4.21. The summed E-state index contributed by atoms with van der Waals surface area (Å²) < 4.78 is 5.08. The summed E-state index contributed by atoms with van der Waals surface area (Å²) in [6.07, 6.45) is 1.58. The third-order valence-corrected chi connectivity index (χ3v) is 3.70. The number of aromatic nitrogens is 2. The molecule has 0 unspecified atom stereocenters. The smallest absolute Gasteiger partial charge is 0.257 e. The molecule has 6 heteroatoms. The number of thiophene rings is 1. The van der Waals surface area contributed by atoms with Gasteiger partial charge in [0.05, 0.1) is 24.9 Å². The molecular weight excluding hydrogens is 262 g/mol. The molecule has 0 radical (unpaired) electrons. The van der Waals surface area contributed by atoms with E-state index in [1.165, 1.54) is 0 Å². The SMILES string of the molecule is COCCN(Cc1cccs1)C(=O)c1cn[nH]c1C. The lowest BCUT2D eigenvalue weighted by Crippen LogP contribution is -2.33. The standard InChI is InChI=1S/C13H17N3O2S/c1-10-12(8-14-15-10)13(17)16(5-6-18-2)9-11-4-3-7-19-11/h3-4,7-8H,5-6,9H2,1-2H3,(H,14,15). The zero-order valence-corrected chi connectivity index (χ0v) is 11.9. The van der Waals surface area contributed by atoms with Crippen molar-refractivity contribution in [1.29, 1.82) is 0 Å². The van der Waals surface area contributed by atoms with Gasteiger partial charge in [-0.3, -0.25) is 9.89 Å². The predicted molar refractivity (Wildman–Crippen MR) is 74.3 cm³/mol. The largest absolute Gasteiger partial charge is 0.383 e. The molecule has 0 atom stereocenters. The van der Waals surface area contributed by atoms with Gasteiger partial charge in [-0.2, -0.15) is 5.10 Å². The van der Waals surface area contributed by atoms with E-state index in [4.69, 9.17) is 4.74 Å². The molecule has 0 saturated heterocycles. The van der Waals surface area contributed by atoms with Crippen LogP contribution in [0.5, 0.6) is 0 Å². The summed E-state index contributed by atoms with van der Waals surface area (Å²) in [5.74, 6) is -0.0169. The lowest BCUT2D eigenvalue weighted by atomic mass is 10.2. The van der Waals surface area contributed by atoms with Crippen molar-refractivity contribution in [1.82, 2.24) is 15.1 Å². The van der Waals surface area contributed by atoms with Crippen LogP contribution in [-0.4, -0.2) is 41.3 Å². The van der Waals surface area contributed by atoms with E-state index in [-0.39, 0.29) is 5.91 Å². The van der Waals surface area contributed by atoms with E-state index in [2.05, 4.69) is 10.2 Å². The fourth-order valence-electron chi connectivity index (χ4n) is 1.78. The molecule has 2 rings (SSSR count). The van der Waals surface area contributed by atoms with Crippen molar-refractivity contribution in [3.63, 3.8) is 0 Å². The van der Waals surface area contributed by atoms with Gasteiger partial charge in [0.1, 0.15) is 0 Å². The first kappa shape index (κ1) is 13.8. The average Bonchev–Trinajstić information content (AvgIpc) is 3.05. The summed E-state index contributed by atoms with van der Waals surface area (Å²) in [6.45, 7) is 3.54. The van der Waals surface area contributed by atoms with Gasteiger partial charge in [-0.15, -0.1) is 11.3 Å². The third-order valence-electron chi connectivity index (χ3n) is 2.84. The zero-order valence-electron chi connectivity index (χ0n) is 11.0. The number of carbonyl (C=O) groups is 1. The number of carbonyl (C=O) groups excluding carboxylic acids is 1. The highest BCUT2D eigenvalue weighted by molar-refractivity contribution is 7.09. The lowest BCUT2D eigenvalue weighted by Gasteiger charge is -2.21. The Bertz CT molecular complexity index is 522. The van der Waals surface area contributed by atoms with Gasteiger partial charge in [-0.05, 0) is 18.4 Å². The third kappa shape index (κ3) is 3.42. The molecule has 1 N–H and O–H groups in total. The molecule has 2 aromatic heterocycles. The molecule has 1 amide bonds. The number of methoxy groups -OCH3 is 1. The van der Waals surface area contributed by atoms with Crippen molar-refractivity contribution in [3.05, 3.63) is 39.8 Å². The maximum Gasteiger partial charge on any atom is 0.257 e. The number of H-pyrrole nitrogens is 1. The van der Waals surface area contributed by atoms with Crippen LogP contribution in [0.25, 0.3) is 0 Å². The van der Waals surface area contributed by atoms with Crippen LogP contribution >= 0.6 is 11.3 Å². The van der Waals surface area contributed by atoms with Crippen LogP contribution < -0.4 is 0 Å². The van der Waals surface area contributed by atoms with Gasteiger partial charge in [0.15, 0.2) is 0 Å². The second-order valence-corrected chi connectivity index (χ2v) is 5.24. The highest BCUT2D eigenvalue weighted by Gasteiger charge is 2.19. The summed E-state index contributed by atoms with van der Waals surface area (Å²) in [5, 5.41) is 8.71. The van der Waals surface area contributed by atoms with Gasteiger partial charge in [-0.25, -0.2) is 0 Å². The Morgan fingerprint density at radius 2 is 2.42 bits per heavy atom. The van der Waals surface area contributed by atoms with Crippen LogP contribution in [0.3, 0.4) is 0 Å².